The summed E-state index contributed by atoms with van der Waals surface area (Å²) in [6.07, 6.45) is 14.8. The van der Waals surface area contributed by atoms with Crippen LogP contribution in [0.2, 0.25) is 0 Å². The van der Waals surface area contributed by atoms with Crippen LogP contribution in [0.3, 0.4) is 0 Å². The summed E-state index contributed by atoms with van der Waals surface area (Å²) in [5.41, 5.74) is 4.32. The molecule has 0 aromatic carbocycles. The van der Waals surface area contributed by atoms with Crippen molar-refractivity contribution in [3.63, 3.8) is 0 Å². The van der Waals surface area contributed by atoms with Gasteiger partial charge in [-0.25, -0.2) is 0 Å². The predicted octanol–water partition coefficient (Wildman–Crippen LogP) is 2.66. The molecule has 3 heterocycles. The van der Waals surface area contributed by atoms with Crippen LogP contribution in [0.15, 0.2) is 70.6 Å². The molecule has 31 heavy (non-hydrogen) atoms. The van der Waals surface area contributed by atoms with Gasteiger partial charge in [-0.3, -0.25) is 10.8 Å². The maximum Gasteiger partial charge on any atom is 0.130 e. The Morgan fingerprint density at radius 3 is 2.55 bits per heavy atom. The average Bonchev–Trinajstić information content (AvgIpc) is 3.29. The van der Waals surface area contributed by atoms with Crippen molar-refractivity contribution in [2.75, 3.05) is 20.1 Å². The summed E-state index contributed by atoms with van der Waals surface area (Å²) in [5.74, 6) is 1.60. The van der Waals surface area contributed by atoms with E-state index in [1.165, 1.54) is 6.21 Å². The summed E-state index contributed by atoms with van der Waals surface area (Å²) in [6, 6.07) is 0. The number of allylic oxidation sites excluding steroid dienone is 4. The van der Waals surface area contributed by atoms with Crippen LogP contribution in [0.25, 0.3) is 0 Å². The fraction of sp³-hybridized carbons (Fsp3) is 0.348. The Labute approximate surface area is 184 Å². The van der Waals surface area contributed by atoms with Crippen LogP contribution in [-0.4, -0.2) is 42.9 Å². The molecule has 0 aromatic heterocycles. The average molecular weight is 421 g/mol. The van der Waals surface area contributed by atoms with Gasteiger partial charge in [-0.2, -0.15) is 0 Å². The molecule has 0 unspecified atom stereocenters. The minimum absolute atomic E-state index is 0.181. The van der Waals surface area contributed by atoms with E-state index in [1.54, 1.807) is 6.08 Å². The molecular formula is C23H32N8. The van der Waals surface area contributed by atoms with E-state index in [0.717, 1.165) is 54.0 Å². The molecule has 3 aliphatic rings. The molecular weight excluding hydrogens is 388 g/mol. The highest BCUT2D eigenvalue weighted by Crippen LogP contribution is 2.25. The Bertz CT molecular complexity index is 937. The Kier molecular flexibility index (Phi) is 7.12. The first-order valence-corrected chi connectivity index (χ1v) is 10.6. The molecule has 0 saturated carbocycles. The molecule has 0 aromatic rings. The zero-order valence-electron chi connectivity index (χ0n) is 18.4. The lowest BCUT2D eigenvalue weighted by Crippen LogP contribution is -2.35. The normalized spacial score (nSPS) is 18.6. The van der Waals surface area contributed by atoms with E-state index >= 15 is 0 Å². The van der Waals surface area contributed by atoms with Gasteiger partial charge in [0, 0.05) is 49.9 Å². The van der Waals surface area contributed by atoms with Gasteiger partial charge >= 0.3 is 0 Å². The summed E-state index contributed by atoms with van der Waals surface area (Å²) in [5, 5.41) is 37.1. The molecule has 8 heteroatoms. The maximum absolute atomic E-state index is 8.67. The van der Waals surface area contributed by atoms with Gasteiger partial charge in [-0.1, -0.05) is 13.8 Å². The van der Waals surface area contributed by atoms with E-state index < -0.39 is 0 Å². The third-order valence-corrected chi connectivity index (χ3v) is 5.35. The SMILES string of the molecule is CN/C=C(\C(=N)N1CCCC1)C1=CNC2=CC=C(NC(=N)C=C(C=N)C(C)C)NC2=C1. The molecule has 0 atom stereocenters. The van der Waals surface area contributed by atoms with Gasteiger partial charge in [0.25, 0.3) is 0 Å². The number of hydrogen-bond donors (Lipinski definition) is 7. The Morgan fingerprint density at radius 1 is 1.16 bits per heavy atom. The molecule has 1 saturated heterocycles. The Morgan fingerprint density at radius 2 is 1.90 bits per heavy atom. The molecule has 1 fully saturated rings. The van der Waals surface area contributed by atoms with Gasteiger partial charge in [-0.05, 0) is 48.6 Å². The topological polar surface area (TPSA) is 123 Å². The van der Waals surface area contributed by atoms with Gasteiger partial charge in [-0.15, -0.1) is 0 Å². The lowest BCUT2D eigenvalue weighted by Gasteiger charge is -2.27. The van der Waals surface area contributed by atoms with Crippen molar-refractivity contribution in [3.05, 3.63) is 70.6 Å². The van der Waals surface area contributed by atoms with Crippen molar-refractivity contribution in [1.29, 1.82) is 16.2 Å². The van der Waals surface area contributed by atoms with Gasteiger partial charge in [0.15, 0.2) is 0 Å². The van der Waals surface area contributed by atoms with Crippen LogP contribution in [0.1, 0.15) is 26.7 Å². The third-order valence-electron chi connectivity index (χ3n) is 5.35. The highest BCUT2D eigenvalue weighted by molar-refractivity contribution is 6.01. The second kappa shape index (κ2) is 9.97. The quantitative estimate of drug-likeness (QED) is 0.252. The van der Waals surface area contributed by atoms with Gasteiger partial charge < -0.3 is 31.6 Å². The van der Waals surface area contributed by atoms with Crippen LogP contribution in [0.5, 0.6) is 0 Å². The standard InChI is InChI=1S/C23H32N8/c1-15(2)16(12-24)11-21(25)30-22-7-6-19-20(29-22)10-17(13-28-19)18(14-27-3)23(26)31-8-4-5-9-31/h6-7,10-15,24,26-29H,4-5,8-9H2,1-3H3,(H2,25,30)/b16-11?,18-14-,24-12?,26-23?. The van der Waals surface area contributed by atoms with E-state index in [4.69, 9.17) is 16.2 Å². The number of rotatable bonds is 7. The highest BCUT2D eigenvalue weighted by atomic mass is 15.2. The van der Waals surface area contributed by atoms with E-state index in [2.05, 4.69) is 26.2 Å². The minimum Gasteiger partial charge on any atom is -0.393 e. The molecule has 0 bridgehead atoms. The number of dihydropyridines is 2. The fourth-order valence-corrected chi connectivity index (χ4v) is 3.60. The lowest BCUT2D eigenvalue weighted by molar-refractivity contribution is 0.516. The molecule has 8 nitrogen and oxygen atoms in total. The van der Waals surface area contributed by atoms with E-state index in [0.29, 0.717) is 11.7 Å². The Hall–Kier alpha value is -3.55. The first-order chi connectivity index (χ1) is 14.9. The summed E-state index contributed by atoms with van der Waals surface area (Å²) in [7, 11) is 1.84. The largest absolute Gasteiger partial charge is 0.393 e. The molecule has 3 rings (SSSR count). The van der Waals surface area contributed by atoms with Crippen LogP contribution in [0, 0.1) is 22.1 Å². The van der Waals surface area contributed by atoms with Crippen LogP contribution >= 0.6 is 0 Å². The van der Waals surface area contributed by atoms with Crippen molar-refractivity contribution in [3.8, 4) is 0 Å². The van der Waals surface area contributed by atoms with Crippen molar-refractivity contribution in [2.24, 2.45) is 5.92 Å². The Balaban J connectivity index is 1.75. The predicted molar refractivity (Wildman–Crippen MR) is 127 cm³/mol. The second-order valence-electron chi connectivity index (χ2n) is 7.96. The molecule has 0 radical (unpaired) electrons. The van der Waals surface area contributed by atoms with Crippen LogP contribution in [0.4, 0.5) is 0 Å². The summed E-state index contributed by atoms with van der Waals surface area (Å²) >= 11 is 0. The summed E-state index contributed by atoms with van der Waals surface area (Å²) in [4.78, 5) is 2.11. The maximum atomic E-state index is 8.67. The van der Waals surface area contributed by atoms with E-state index in [1.807, 2.05) is 51.5 Å². The van der Waals surface area contributed by atoms with Crippen molar-refractivity contribution >= 4 is 17.9 Å². The fourth-order valence-electron chi connectivity index (χ4n) is 3.60. The second-order valence-corrected chi connectivity index (χ2v) is 7.96. The summed E-state index contributed by atoms with van der Waals surface area (Å²) < 4.78 is 0. The van der Waals surface area contributed by atoms with E-state index in [-0.39, 0.29) is 11.8 Å². The first kappa shape index (κ1) is 22.1. The smallest absolute Gasteiger partial charge is 0.130 e. The van der Waals surface area contributed by atoms with Gasteiger partial charge in [0.1, 0.15) is 17.5 Å². The molecule has 164 valence electrons. The van der Waals surface area contributed by atoms with E-state index in [9.17, 15) is 0 Å². The minimum atomic E-state index is 0.181. The highest BCUT2D eigenvalue weighted by Gasteiger charge is 2.23. The zero-order chi connectivity index (χ0) is 22.4. The third kappa shape index (κ3) is 5.33. The monoisotopic (exact) mass is 420 g/mol. The zero-order valence-corrected chi connectivity index (χ0v) is 18.4. The molecule has 0 spiro atoms. The number of amidine groups is 2. The number of nitrogens with one attached hydrogen (secondary N) is 7. The van der Waals surface area contributed by atoms with Crippen LogP contribution in [-0.2, 0) is 0 Å². The van der Waals surface area contributed by atoms with Crippen molar-refractivity contribution in [1.82, 2.24) is 26.2 Å². The van der Waals surface area contributed by atoms with Crippen molar-refractivity contribution < 1.29 is 0 Å². The first-order valence-electron chi connectivity index (χ1n) is 10.6. The van der Waals surface area contributed by atoms with Gasteiger partial charge in [0.05, 0.1) is 11.4 Å². The van der Waals surface area contributed by atoms with Crippen molar-refractivity contribution in [2.45, 2.75) is 26.7 Å². The lowest BCUT2D eigenvalue weighted by atomic mass is 10.0. The molecule has 7 N–H and O–H groups in total. The van der Waals surface area contributed by atoms with Gasteiger partial charge in [0.2, 0.25) is 0 Å². The molecule has 3 aliphatic heterocycles. The number of fused-ring (bicyclic) bond motifs is 1. The summed E-state index contributed by atoms with van der Waals surface area (Å²) in [6.45, 7) is 5.83. The molecule has 0 amide bonds. The number of nitrogens with zero attached hydrogens (tertiary/aromatic N) is 1. The number of hydrogen-bond acceptors (Lipinski definition) is 6. The molecule has 0 aliphatic carbocycles. The van der Waals surface area contributed by atoms with Crippen LogP contribution < -0.4 is 21.3 Å². The number of likely N-dealkylation sites (tertiary alicyclic amines) is 1.